The molecule has 2 aromatic rings. The number of aliphatic hydroxyl groups is 1. The van der Waals surface area contributed by atoms with Crippen LogP contribution in [-0.2, 0) is 6.42 Å². The van der Waals surface area contributed by atoms with Crippen molar-refractivity contribution in [3.63, 3.8) is 0 Å². The zero-order chi connectivity index (χ0) is 13.4. The van der Waals surface area contributed by atoms with E-state index in [1.54, 1.807) is 19.1 Å². The van der Waals surface area contributed by atoms with Gasteiger partial charge in [0.25, 0.3) is 0 Å². The van der Waals surface area contributed by atoms with E-state index < -0.39 is 6.10 Å². The van der Waals surface area contributed by atoms with E-state index in [1.807, 2.05) is 6.07 Å². The Morgan fingerprint density at radius 3 is 2.79 bits per heavy atom. The average molecular weight is 256 g/mol. The van der Waals surface area contributed by atoms with Crippen molar-refractivity contribution in [1.29, 1.82) is 0 Å². The first kappa shape index (κ1) is 12.4. The van der Waals surface area contributed by atoms with E-state index in [9.17, 15) is 9.50 Å². The second-order valence-electron chi connectivity index (χ2n) is 5.36. The van der Waals surface area contributed by atoms with E-state index in [0.717, 1.165) is 12.0 Å². The second-order valence-corrected chi connectivity index (χ2v) is 5.36. The van der Waals surface area contributed by atoms with Crippen molar-refractivity contribution < 1.29 is 9.50 Å². The van der Waals surface area contributed by atoms with Crippen LogP contribution in [0.2, 0.25) is 0 Å². The molecule has 1 aliphatic carbocycles. The summed E-state index contributed by atoms with van der Waals surface area (Å²) in [6.45, 7) is 1.73. The fourth-order valence-electron chi connectivity index (χ4n) is 2.85. The van der Waals surface area contributed by atoms with E-state index >= 15 is 0 Å². The number of aliphatic hydroxyl groups excluding tert-OH is 1. The standard InChI is InChI=1S/C17H17FO/c1-11-8-13(6-7-16(11)18)17(19)10-14-9-12-4-2-3-5-15(12)14/h2-8,14,17,19H,9-10H2,1H3. The average Bonchev–Trinajstić information content (AvgIpc) is 2.39. The monoisotopic (exact) mass is 256 g/mol. The largest absolute Gasteiger partial charge is 0.388 e. The molecule has 0 radical (unpaired) electrons. The molecule has 2 aromatic carbocycles. The van der Waals surface area contributed by atoms with Crippen LogP contribution in [0.15, 0.2) is 42.5 Å². The lowest BCUT2D eigenvalue weighted by Crippen LogP contribution is -2.19. The minimum Gasteiger partial charge on any atom is -0.388 e. The molecule has 2 atom stereocenters. The van der Waals surface area contributed by atoms with Gasteiger partial charge in [0.05, 0.1) is 6.10 Å². The van der Waals surface area contributed by atoms with Crippen LogP contribution in [0.25, 0.3) is 0 Å². The fourth-order valence-corrected chi connectivity index (χ4v) is 2.85. The highest BCUT2D eigenvalue weighted by atomic mass is 19.1. The van der Waals surface area contributed by atoms with E-state index in [0.29, 0.717) is 17.9 Å². The molecule has 0 saturated heterocycles. The Bertz CT molecular complexity index is 606. The van der Waals surface area contributed by atoms with Gasteiger partial charge in [0, 0.05) is 0 Å². The summed E-state index contributed by atoms with van der Waals surface area (Å²) in [6.07, 6.45) is 1.23. The zero-order valence-electron chi connectivity index (χ0n) is 10.9. The number of aryl methyl sites for hydroxylation is 1. The molecule has 0 fully saturated rings. The van der Waals surface area contributed by atoms with Gasteiger partial charge in [-0.05, 0) is 54.0 Å². The van der Waals surface area contributed by atoms with Gasteiger partial charge in [-0.3, -0.25) is 0 Å². The third-order valence-electron chi connectivity index (χ3n) is 4.04. The van der Waals surface area contributed by atoms with Crippen LogP contribution in [0.3, 0.4) is 0 Å². The lowest BCUT2D eigenvalue weighted by Gasteiger charge is -2.31. The number of hydrogen-bond acceptors (Lipinski definition) is 1. The van der Waals surface area contributed by atoms with Crippen LogP contribution in [0.1, 0.15) is 40.7 Å². The molecule has 3 rings (SSSR count). The molecule has 1 nitrogen and oxygen atoms in total. The highest BCUT2D eigenvalue weighted by Crippen LogP contribution is 2.40. The third-order valence-corrected chi connectivity index (χ3v) is 4.04. The Morgan fingerprint density at radius 2 is 2.05 bits per heavy atom. The minimum absolute atomic E-state index is 0.218. The number of halogens is 1. The van der Waals surface area contributed by atoms with Crippen LogP contribution in [0.4, 0.5) is 4.39 Å². The number of hydrogen-bond donors (Lipinski definition) is 1. The Hall–Kier alpha value is -1.67. The highest BCUT2D eigenvalue weighted by molar-refractivity contribution is 5.40. The van der Waals surface area contributed by atoms with Crippen molar-refractivity contribution in [2.75, 3.05) is 0 Å². The van der Waals surface area contributed by atoms with Gasteiger partial charge in [-0.25, -0.2) is 4.39 Å². The van der Waals surface area contributed by atoms with Gasteiger partial charge < -0.3 is 5.11 Å². The first-order chi connectivity index (χ1) is 9.15. The van der Waals surface area contributed by atoms with Gasteiger partial charge in [-0.2, -0.15) is 0 Å². The number of rotatable bonds is 3. The van der Waals surface area contributed by atoms with Crippen molar-refractivity contribution in [2.45, 2.75) is 31.8 Å². The summed E-state index contributed by atoms with van der Waals surface area (Å²) in [7, 11) is 0. The molecule has 0 aromatic heterocycles. The maximum Gasteiger partial charge on any atom is 0.126 e. The Morgan fingerprint density at radius 1 is 1.26 bits per heavy atom. The SMILES string of the molecule is Cc1cc(C(O)CC2Cc3ccccc32)ccc1F. The van der Waals surface area contributed by atoms with Crippen LogP contribution in [0, 0.1) is 12.7 Å². The summed E-state index contributed by atoms with van der Waals surface area (Å²) in [5, 5.41) is 10.3. The molecule has 1 aliphatic rings. The lowest BCUT2D eigenvalue weighted by atomic mass is 9.74. The van der Waals surface area contributed by atoms with E-state index in [4.69, 9.17) is 0 Å². The molecular weight excluding hydrogens is 239 g/mol. The third kappa shape index (κ3) is 2.28. The summed E-state index contributed by atoms with van der Waals surface area (Å²) in [5.41, 5.74) is 4.13. The van der Waals surface area contributed by atoms with Crippen LogP contribution < -0.4 is 0 Å². The smallest absolute Gasteiger partial charge is 0.126 e. The molecule has 0 saturated carbocycles. The van der Waals surface area contributed by atoms with Crippen molar-refractivity contribution in [1.82, 2.24) is 0 Å². The summed E-state index contributed by atoms with van der Waals surface area (Å²) >= 11 is 0. The first-order valence-corrected chi connectivity index (χ1v) is 6.67. The fraction of sp³-hybridized carbons (Fsp3) is 0.294. The summed E-state index contributed by atoms with van der Waals surface area (Å²) in [4.78, 5) is 0. The van der Waals surface area contributed by atoms with Gasteiger partial charge in [0.2, 0.25) is 0 Å². The molecule has 0 spiro atoms. The summed E-state index contributed by atoms with van der Waals surface area (Å²) < 4.78 is 13.2. The van der Waals surface area contributed by atoms with Crippen LogP contribution >= 0.6 is 0 Å². The molecular formula is C17H17FO. The maximum atomic E-state index is 13.2. The predicted molar refractivity (Wildman–Crippen MR) is 73.6 cm³/mol. The highest BCUT2D eigenvalue weighted by Gasteiger charge is 2.27. The van der Waals surface area contributed by atoms with E-state index in [-0.39, 0.29) is 5.82 Å². The molecule has 0 aliphatic heterocycles. The Balaban J connectivity index is 1.73. The Kier molecular flexibility index (Phi) is 3.11. The topological polar surface area (TPSA) is 20.2 Å². The molecule has 98 valence electrons. The molecule has 1 N–H and O–H groups in total. The predicted octanol–water partition coefficient (Wildman–Crippen LogP) is 3.90. The number of fused-ring (bicyclic) bond motifs is 1. The normalized spacial score (nSPS) is 18.6. The maximum absolute atomic E-state index is 13.2. The molecule has 0 bridgehead atoms. The van der Waals surface area contributed by atoms with Crippen molar-refractivity contribution in [3.05, 3.63) is 70.5 Å². The molecule has 0 heterocycles. The van der Waals surface area contributed by atoms with Gasteiger partial charge in [0.15, 0.2) is 0 Å². The minimum atomic E-state index is -0.516. The second kappa shape index (κ2) is 4.78. The summed E-state index contributed by atoms with van der Waals surface area (Å²) in [6, 6.07) is 13.2. The van der Waals surface area contributed by atoms with E-state index in [1.165, 1.54) is 17.2 Å². The quantitative estimate of drug-likeness (QED) is 0.883. The van der Waals surface area contributed by atoms with Gasteiger partial charge in [0.1, 0.15) is 5.82 Å². The zero-order valence-corrected chi connectivity index (χ0v) is 10.9. The number of benzene rings is 2. The van der Waals surface area contributed by atoms with Crippen LogP contribution in [-0.4, -0.2) is 5.11 Å². The summed E-state index contributed by atoms with van der Waals surface area (Å²) in [5.74, 6) is 0.210. The van der Waals surface area contributed by atoms with Crippen molar-refractivity contribution in [2.24, 2.45) is 0 Å². The first-order valence-electron chi connectivity index (χ1n) is 6.67. The lowest BCUT2D eigenvalue weighted by molar-refractivity contribution is 0.153. The van der Waals surface area contributed by atoms with Gasteiger partial charge in [-0.15, -0.1) is 0 Å². The van der Waals surface area contributed by atoms with Gasteiger partial charge >= 0.3 is 0 Å². The molecule has 2 heteroatoms. The Labute approximate surface area is 112 Å². The van der Waals surface area contributed by atoms with E-state index in [2.05, 4.69) is 18.2 Å². The van der Waals surface area contributed by atoms with Crippen LogP contribution in [0.5, 0.6) is 0 Å². The van der Waals surface area contributed by atoms with Crippen molar-refractivity contribution >= 4 is 0 Å². The molecule has 2 unspecified atom stereocenters. The van der Waals surface area contributed by atoms with Gasteiger partial charge in [-0.1, -0.05) is 36.4 Å². The molecule has 0 amide bonds. The molecule has 19 heavy (non-hydrogen) atoms. The van der Waals surface area contributed by atoms with Crippen molar-refractivity contribution in [3.8, 4) is 0 Å².